The van der Waals surface area contributed by atoms with E-state index in [-0.39, 0.29) is 31.1 Å². The molecule has 0 saturated heterocycles. The fourth-order valence-electron chi connectivity index (χ4n) is 8.39. The van der Waals surface area contributed by atoms with E-state index >= 15 is 0 Å². The molecule has 0 radical (unpaired) electrons. The number of carbonyl (C=O) groups excluding carboxylic acids is 3. The zero-order valence-electron chi connectivity index (χ0n) is 44.7. The van der Waals surface area contributed by atoms with Gasteiger partial charge in [-0.15, -0.1) is 0 Å². The Balaban J connectivity index is 4.38. The normalized spacial score (nSPS) is 12.3. The van der Waals surface area contributed by atoms with Crippen LogP contribution in [0.3, 0.4) is 0 Å². The number of unbranched alkanes of at least 4 members (excludes halogenated alkanes) is 34. The van der Waals surface area contributed by atoms with Crippen LogP contribution in [0, 0.1) is 0 Å². The van der Waals surface area contributed by atoms with Crippen LogP contribution in [-0.2, 0) is 28.6 Å². The molecular formula is C61H110O6. The predicted molar refractivity (Wildman–Crippen MR) is 289 cm³/mol. The van der Waals surface area contributed by atoms with E-state index in [1.807, 2.05) is 0 Å². The third kappa shape index (κ3) is 54.2. The van der Waals surface area contributed by atoms with E-state index in [0.717, 1.165) is 83.5 Å². The Morgan fingerprint density at radius 2 is 0.537 bits per heavy atom. The van der Waals surface area contributed by atoms with Crippen molar-refractivity contribution in [2.45, 2.75) is 309 Å². The molecule has 0 aromatic rings. The number of rotatable bonds is 53. The number of ether oxygens (including phenoxy) is 3. The summed E-state index contributed by atoms with van der Waals surface area (Å²) in [7, 11) is 0. The van der Waals surface area contributed by atoms with Crippen molar-refractivity contribution in [2.75, 3.05) is 13.2 Å². The van der Waals surface area contributed by atoms with Crippen LogP contribution in [0.1, 0.15) is 303 Å². The first-order valence-corrected chi connectivity index (χ1v) is 29.1. The summed E-state index contributed by atoms with van der Waals surface area (Å²) in [6.07, 6.45) is 68.1. The van der Waals surface area contributed by atoms with E-state index in [1.165, 1.54) is 180 Å². The van der Waals surface area contributed by atoms with Crippen LogP contribution < -0.4 is 0 Å². The molecular weight excluding hydrogens is 829 g/mol. The van der Waals surface area contributed by atoms with Gasteiger partial charge in [0.15, 0.2) is 6.10 Å². The van der Waals surface area contributed by atoms with Gasteiger partial charge < -0.3 is 14.2 Å². The molecule has 390 valence electrons. The third-order valence-electron chi connectivity index (χ3n) is 12.8. The van der Waals surface area contributed by atoms with Gasteiger partial charge in [-0.2, -0.15) is 0 Å². The van der Waals surface area contributed by atoms with Crippen LogP contribution >= 0.6 is 0 Å². The van der Waals surface area contributed by atoms with Crippen LogP contribution in [0.25, 0.3) is 0 Å². The highest BCUT2D eigenvalue weighted by Crippen LogP contribution is 2.16. The number of hydrogen-bond acceptors (Lipinski definition) is 6. The van der Waals surface area contributed by atoms with E-state index in [2.05, 4.69) is 69.4 Å². The molecule has 1 atom stereocenters. The highest BCUT2D eigenvalue weighted by molar-refractivity contribution is 5.71. The summed E-state index contributed by atoms with van der Waals surface area (Å²) in [5.74, 6) is -0.884. The standard InChI is InChI=1S/C61H110O6/c1-4-7-10-13-16-19-22-25-28-30-31-32-34-36-39-42-45-48-51-54-60(63)66-57-58(56-65-59(62)53-50-47-44-41-38-35-27-24-21-18-15-12-9-6-3)67-61(64)55-52-49-46-43-40-37-33-29-26-23-20-17-14-11-8-5-2/h16,19,25,28-29,31-33,58H,4-15,17-18,20-24,26-27,30,34-57H2,1-3H3/b19-16-,28-25-,32-31-,33-29-. The van der Waals surface area contributed by atoms with Gasteiger partial charge in [0.2, 0.25) is 0 Å². The van der Waals surface area contributed by atoms with Crippen LogP contribution in [0.4, 0.5) is 0 Å². The topological polar surface area (TPSA) is 78.9 Å². The summed E-state index contributed by atoms with van der Waals surface area (Å²) in [5, 5.41) is 0. The first kappa shape index (κ1) is 64.4. The van der Waals surface area contributed by atoms with Gasteiger partial charge in [0.1, 0.15) is 13.2 Å². The Morgan fingerprint density at radius 1 is 0.299 bits per heavy atom. The van der Waals surface area contributed by atoms with E-state index in [4.69, 9.17) is 14.2 Å². The third-order valence-corrected chi connectivity index (χ3v) is 12.8. The first-order chi connectivity index (χ1) is 33.0. The maximum Gasteiger partial charge on any atom is 0.306 e. The van der Waals surface area contributed by atoms with Crippen molar-refractivity contribution in [3.63, 3.8) is 0 Å². The average Bonchev–Trinajstić information content (AvgIpc) is 3.33. The maximum atomic E-state index is 12.8. The van der Waals surface area contributed by atoms with Gasteiger partial charge in [-0.3, -0.25) is 14.4 Å². The zero-order valence-corrected chi connectivity index (χ0v) is 44.7. The van der Waals surface area contributed by atoms with Gasteiger partial charge in [0, 0.05) is 19.3 Å². The van der Waals surface area contributed by atoms with Gasteiger partial charge >= 0.3 is 17.9 Å². The second kappa shape index (κ2) is 56.0. The molecule has 6 nitrogen and oxygen atoms in total. The lowest BCUT2D eigenvalue weighted by molar-refractivity contribution is -0.167. The minimum atomic E-state index is -0.781. The number of esters is 3. The molecule has 0 fully saturated rings. The lowest BCUT2D eigenvalue weighted by Crippen LogP contribution is -2.30. The maximum absolute atomic E-state index is 12.8. The van der Waals surface area contributed by atoms with Crippen LogP contribution in [0.2, 0.25) is 0 Å². The molecule has 0 aliphatic rings. The van der Waals surface area contributed by atoms with Crippen LogP contribution in [-0.4, -0.2) is 37.2 Å². The smallest absolute Gasteiger partial charge is 0.306 e. The monoisotopic (exact) mass is 939 g/mol. The number of hydrogen-bond donors (Lipinski definition) is 0. The molecule has 1 unspecified atom stereocenters. The minimum Gasteiger partial charge on any atom is -0.462 e. The Hall–Kier alpha value is -2.63. The highest BCUT2D eigenvalue weighted by Gasteiger charge is 2.19. The lowest BCUT2D eigenvalue weighted by Gasteiger charge is -2.18. The fraction of sp³-hybridized carbons (Fsp3) is 0.820. The highest BCUT2D eigenvalue weighted by atomic mass is 16.6. The Bertz CT molecular complexity index is 1170. The molecule has 0 aliphatic heterocycles. The molecule has 6 heteroatoms. The van der Waals surface area contributed by atoms with Gasteiger partial charge in [-0.1, -0.05) is 249 Å². The average molecular weight is 940 g/mol. The summed E-state index contributed by atoms with van der Waals surface area (Å²) in [6, 6.07) is 0. The van der Waals surface area contributed by atoms with Crippen molar-refractivity contribution in [3.8, 4) is 0 Å². The number of carbonyl (C=O) groups is 3. The van der Waals surface area contributed by atoms with Crippen molar-refractivity contribution in [3.05, 3.63) is 48.6 Å². The van der Waals surface area contributed by atoms with E-state index in [0.29, 0.717) is 19.3 Å². The Kier molecular flexibility index (Phi) is 53.8. The fourth-order valence-corrected chi connectivity index (χ4v) is 8.39. The SMILES string of the molecule is CCCCC/C=C\C/C=C\C/C=C\CCCCCCCCC(=O)OCC(COC(=O)CCCCCCCCCCCCCCCC)OC(=O)CCCCCCC/C=C\CCCCCCCCC. The second-order valence-electron chi connectivity index (χ2n) is 19.6. The molecule has 0 aromatic heterocycles. The quantitative estimate of drug-likeness (QED) is 0.0262. The van der Waals surface area contributed by atoms with Crippen molar-refractivity contribution < 1.29 is 28.6 Å². The number of allylic oxidation sites excluding steroid dienone is 8. The van der Waals surface area contributed by atoms with Crippen LogP contribution in [0.15, 0.2) is 48.6 Å². The molecule has 0 N–H and O–H groups in total. The van der Waals surface area contributed by atoms with Gasteiger partial charge in [0.05, 0.1) is 0 Å². The summed E-state index contributed by atoms with van der Waals surface area (Å²) in [4.78, 5) is 38.2. The summed E-state index contributed by atoms with van der Waals surface area (Å²) >= 11 is 0. The summed E-state index contributed by atoms with van der Waals surface area (Å²) < 4.78 is 16.9. The zero-order chi connectivity index (χ0) is 48.6. The molecule has 0 amide bonds. The van der Waals surface area contributed by atoms with Gasteiger partial charge in [0.25, 0.3) is 0 Å². The lowest BCUT2D eigenvalue weighted by atomic mass is 10.0. The molecule has 0 heterocycles. The molecule has 0 saturated carbocycles. The van der Waals surface area contributed by atoms with Crippen LogP contribution in [0.5, 0.6) is 0 Å². The largest absolute Gasteiger partial charge is 0.462 e. The first-order valence-electron chi connectivity index (χ1n) is 29.1. The minimum absolute atomic E-state index is 0.0777. The van der Waals surface area contributed by atoms with E-state index in [9.17, 15) is 14.4 Å². The molecule has 0 aliphatic carbocycles. The molecule has 67 heavy (non-hydrogen) atoms. The van der Waals surface area contributed by atoms with Crippen molar-refractivity contribution in [1.82, 2.24) is 0 Å². The van der Waals surface area contributed by atoms with Crippen molar-refractivity contribution in [2.24, 2.45) is 0 Å². The van der Waals surface area contributed by atoms with Crippen molar-refractivity contribution in [1.29, 1.82) is 0 Å². The Labute approximate surface area is 416 Å². The molecule has 0 aromatic carbocycles. The second-order valence-corrected chi connectivity index (χ2v) is 19.6. The molecule has 0 bridgehead atoms. The van der Waals surface area contributed by atoms with E-state index in [1.54, 1.807) is 0 Å². The summed E-state index contributed by atoms with van der Waals surface area (Å²) in [6.45, 7) is 6.63. The molecule has 0 spiro atoms. The Morgan fingerprint density at radius 3 is 0.881 bits per heavy atom. The van der Waals surface area contributed by atoms with Crippen molar-refractivity contribution >= 4 is 17.9 Å². The molecule has 0 rings (SSSR count). The van der Waals surface area contributed by atoms with Gasteiger partial charge in [-0.25, -0.2) is 0 Å². The summed E-state index contributed by atoms with van der Waals surface area (Å²) in [5.41, 5.74) is 0. The predicted octanol–water partition coefficient (Wildman–Crippen LogP) is 19.4. The van der Waals surface area contributed by atoms with Gasteiger partial charge in [-0.05, 0) is 83.5 Å². The van der Waals surface area contributed by atoms with E-state index < -0.39 is 6.10 Å².